The molecule has 0 spiro atoms. The van der Waals surface area contributed by atoms with Crippen molar-refractivity contribution in [2.24, 2.45) is 0 Å². The van der Waals surface area contributed by atoms with E-state index in [-0.39, 0.29) is 5.82 Å². The van der Waals surface area contributed by atoms with Crippen molar-refractivity contribution >= 4 is 17.4 Å². The molecule has 1 aromatic heterocycles. The van der Waals surface area contributed by atoms with Crippen molar-refractivity contribution in [1.29, 1.82) is 5.26 Å². The predicted molar refractivity (Wildman–Crippen MR) is 45.1 cm³/mol. The third-order valence-electron chi connectivity index (χ3n) is 1.28. The molecule has 0 aliphatic rings. The number of nitrogens with two attached hydrogens (primary N) is 1. The summed E-state index contributed by atoms with van der Waals surface area (Å²) in [5.74, 6) is -1.02. The van der Waals surface area contributed by atoms with Crippen LogP contribution in [-0.4, -0.2) is 11.3 Å². The van der Waals surface area contributed by atoms with E-state index < -0.39 is 22.8 Å². The number of ether oxygens (including phenoxy) is 1. The molecular formula is C7H3ClF3N3O. The molecule has 15 heavy (non-hydrogen) atoms. The molecule has 0 saturated carbocycles. The molecule has 1 aromatic rings. The molecule has 8 heteroatoms. The number of rotatable bonds is 1. The van der Waals surface area contributed by atoms with Crippen LogP contribution in [0.1, 0.15) is 5.69 Å². The standard InChI is InChI=1S/C7H3ClF3N3O/c8-6-3(2-12)14-5(13)1-4(6)15-7(9,10)11/h1H,(H2,13,14). The van der Waals surface area contributed by atoms with Crippen LogP contribution in [0.4, 0.5) is 19.0 Å². The van der Waals surface area contributed by atoms with E-state index in [4.69, 9.17) is 22.6 Å². The number of aromatic nitrogens is 1. The number of nitriles is 1. The highest BCUT2D eigenvalue weighted by Gasteiger charge is 2.32. The zero-order chi connectivity index (χ0) is 11.6. The highest BCUT2D eigenvalue weighted by molar-refractivity contribution is 6.33. The summed E-state index contributed by atoms with van der Waals surface area (Å²) in [4.78, 5) is 3.42. The highest BCUT2D eigenvalue weighted by atomic mass is 35.5. The molecule has 4 nitrogen and oxygen atoms in total. The van der Waals surface area contributed by atoms with Crippen LogP contribution in [0, 0.1) is 11.3 Å². The van der Waals surface area contributed by atoms with Crippen molar-refractivity contribution in [2.45, 2.75) is 6.36 Å². The fourth-order valence-electron chi connectivity index (χ4n) is 0.798. The summed E-state index contributed by atoms with van der Waals surface area (Å²) in [6.45, 7) is 0. The Bertz CT molecular complexity index is 427. The summed E-state index contributed by atoms with van der Waals surface area (Å²) >= 11 is 5.42. The zero-order valence-corrected chi connectivity index (χ0v) is 7.73. The SMILES string of the molecule is N#Cc1nc(N)cc(OC(F)(F)F)c1Cl. The average molecular weight is 238 g/mol. The van der Waals surface area contributed by atoms with Crippen LogP contribution in [-0.2, 0) is 0 Å². The third kappa shape index (κ3) is 2.89. The lowest BCUT2D eigenvalue weighted by Crippen LogP contribution is -2.18. The van der Waals surface area contributed by atoms with Crippen molar-refractivity contribution in [3.63, 3.8) is 0 Å². The Morgan fingerprint density at radius 3 is 2.60 bits per heavy atom. The largest absolute Gasteiger partial charge is 0.573 e. The van der Waals surface area contributed by atoms with E-state index in [0.29, 0.717) is 0 Å². The molecule has 0 unspecified atom stereocenters. The molecule has 0 saturated heterocycles. The third-order valence-corrected chi connectivity index (χ3v) is 1.64. The maximum atomic E-state index is 11.9. The van der Waals surface area contributed by atoms with E-state index in [1.807, 2.05) is 0 Å². The number of hydrogen-bond acceptors (Lipinski definition) is 4. The normalized spacial score (nSPS) is 10.9. The molecule has 0 aliphatic carbocycles. The lowest BCUT2D eigenvalue weighted by atomic mass is 10.3. The van der Waals surface area contributed by atoms with E-state index in [2.05, 4.69) is 9.72 Å². The van der Waals surface area contributed by atoms with Crippen LogP contribution < -0.4 is 10.5 Å². The number of anilines is 1. The van der Waals surface area contributed by atoms with Gasteiger partial charge in [-0.3, -0.25) is 0 Å². The first-order valence-corrected chi connectivity index (χ1v) is 3.83. The van der Waals surface area contributed by atoms with Gasteiger partial charge in [-0.25, -0.2) is 4.98 Å². The zero-order valence-electron chi connectivity index (χ0n) is 6.97. The second-order valence-electron chi connectivity index (χ2n) is 2.37. The summed E-state index contributed by atoms with van der Waals surface area (Å²) in [7, 11) is 0. The maximum absolute atomic E-state index is 11.9. The first kappa shape index (κ1) is 11.4. The second-order valence-corrected chi connectivity index (χ2v) is 2.75. The molecule has 0 bridgehead atoms. The molecule has 2 N–H and O–H groups in total. The topological polar surface area (TPSA) is 71.9 Å². The van der Waals surface area contributed by atoms with Gasteiger partial charge >= 0.3 is 6.36 Å². The minimum absolute atomic E-state index is 0.282. The fourth-order valence-corrected chi connectivity index (χ4v) is 0.975. The molecule has 0 aromatic carbocycles. The molecule has 0 atom stereocenters. The van der Waals surface area contributed by atoms with E-state index in [1.54, 1.807) is 0 Å². The average Bonchev–Trinajstić information content (AvgIpc) is 2.08. The van der Waals surface area contributed by atoms with Crippen molar-refractivity contribution in [1.82, 2.24) is 4.98 Å². The van der Waals surface area contributed by atoms with E-state index >= 15 is 0 Å². The Hall–Kier alpha value is -1.68. The summed E-state index contributed by atoms with van der Waals surface area (Å²) in [5.41, 5.74) is 4.73. The van der Waals surface area contributed by atoms with Gasteiger partial charge in [-0.05, 0) is 0 Å². The Morgan fingerprint density at radius 1 is 1.53 bits per heavy atom. The molecule has 0 fully saturated rings. The summed E-state index contributed by atoms with van der Waals surface area (Å²) in [6, 6.07) is 2.28. The van der Waals surface area contributed by atoms with Gasteiger partial charge in [-0.15, -0.1) is 13.2 Å². The van der Waals surface area contributed by atoms with Crippen LogP contribution >= 0.6 is 11.6 Å². The summed E-state index contributed by atoms with van der Waals surface area (Å²) in [6.07, 6.45) is -4.90. The van der Waals surface area contributed by atoms with E-state index in [9.17, 15) is 13.2 Å². The minimum atomic E-state index is -4.90. The molecular weight excluding hydrogens is 235 g/mol. The Kier molecular flexibility index (Phi) is 2.90. The fraction of sp³-hybridized carbons (Fsp3) is 0.143. The van der Waals surface area contributed by atoms with Gasteiger partial charge in [0.2, 0.25) is 0 Å². The van der Waals surface area contributed by atoms with E-state index in [1.165, 1.54) is 6.07 Å². The number of halogens is 4. The van der Waals surface area contributed by atoms with Gasteiger partial charge in [0.1, 0.15) is 16.9 Å². The Labute approximate surface area is 87.0 Å². The number of nitrogens with zero attached hydrogens (tertiary/aromatic N) is 2. The lowest BCUT2D eigenvalue weighted by molar-refractivity contribution is -0.274. The van der Waals surface area contributed by atoms with Gasteiger partial charge in [0.15, 0.2) is 11.4 Å². The number of alkyl halides is 3. The molecule has 0 amide bonds. The molecule has 80 valence electrons. The quantitative estimate of drug-likeness (QED) is 0.812. The highest BCUT2D eigenvalue weighted by Crippen LogP contribution is 2.32. The van der Waals surface area contributed by atoms with Gasteiger partial charge in [0, 0.05) is 6.07 Å². The van der Waals surface area contributed by atoms with Crippen LogP contribution in [0.5, 0.6) is 5.75 Å². The van der Waals surface area contributed by atoms with Crippen LogP contribution in [0.15, 0.2) is 6.07 Å². The van der Waals surface area contributed by atoms with Crippen LogP contribution in [0.2, 0.25) is 5.02 Å². The molecule has 1 heterocycles. The summed E-state index contributed by atoms with van der Waals surface area (Å²) < 4.78 is 39.1. The molecule has 0 aliphatic heterocycles. The summed E-state index contributed by atoms with van der Waals surface area (Å²) in [5, 5.41) is 7.95. The van der Waals surface area contributed by atoms with Gasteiger partial charge in [-0.2, -0.15) is 5.26 Å². The second kappa shape index (κ2) is 3.82. The van der Waals surface area contributed by atoms with Crippen molar-refractivity contribution < 1.29 is 17.9 Å². The van der Waals surface area contributed by atoms with Crippen molar-refractivity contribution in [3.05, 3.63) is 16.8 Å². The Balaban J connectivity index is 3.20. The maximum Gasteiger partial charge on any atom is 0.573 e. The number of pyridine rings is 1. The first-order chi connectivity index (χ1) is 6.83. The predicted octanol–water partition coefficient (Wildman–Crippen LogP) is 2.09. The Morgan fingerprint density at radius 2 is 2.13 bits per heavy atom. The smallest absolute Gasteiger partial charge is 0.404 e. The first-order valence-electron chi connectivity index (χ1n) is 3.45. The van der Waals surface area contributed by atoms with Gasteiger partial charge in [0.25, 0.3) is 0 Å². The molecule has 1 rings (SSSR count). The molecule has 0 radical (unpaired) electrons. The van der Waals surface area contributed by atoms with Crippen LogP contribution in [0.25, 0.3) is 0 Å². The van der Waals surface area contributed by atoms with Crippen molar-refractivity contribution in [3.8, 4) is 11.8 Å². The monoisotopic (exact) mass is 237 g/mol. The minimum Gasteiger partial charge on any atom is -0.404 e. The van der Waals surface area contributed by atoms with E-state index in [0.717, 1.165) is 6.07 Å². The van der Waals surface area contributed by atoms with Gasteiger partial charge < -0.3 is 10.5 Å². The van der Waals surface area contributed by atoms with Gasteiger partial charge in [-0.1, -0.05) is 11.6 Å². The number of hydrogen-bond donors (Lipinski definition) is 1. The van der Waals surface area contributed by atoms with Crippen LogP contribution in [0.3, 0.4) is 0 Å². The number of nitrogen functional groups attached to an aromatic ring is 1. The van der Waals surface area contributed by atoms with Gasteiger partial charge in [0.05, 0.1) is 0 Å². The lowest BCUT2D eigenvalue weighted by Gasteiger charge is -2.10. The van der Waals surface area contributed by atoms with Crippen molar-refractivity contribution in [2.75, 3.05) is 5.73 Å².